The van der Waals surface area contributed by atoms with Gasteiger partial charge in [-0.2, -0.15) is 0 Å². The molecular formula is C32H37NO3. The second-order valence-corrected chi connectivity index (χ2v) is 9.10. The Bertz CT molecular complexity index is 983. The van der Waals surface area contributed by atoms with Crippen LogP contribution in [0.4, 0.5) is 0 Å². The Morgan fingerprint density at radius 2 is 1.28 bits per heavy atom. The van der Waals surface area contributed by atoms with Gasteiger partial charge < -0.3 is 10.1 Å². The van der Waals surface area contributed by atoms with Crippen molar-refractivity contribution in [1.82, 2.24) is 5.32 Å². The topological polar surface area (TPSA) is 55.4 Å². The van der Waals surface area contributed by atoms with Gasteiger partial charge in [0.2, 0.25) is 5.91 Å². The Labute approximate surface area is 215 Å². The van der Waals surface area contributed by atoms with Gasteiger partial charge in [0, 0.05) is 6.42 Å². The van der Waals surface area contributed by atoms with E-state index in [0.717, 1.165) is 48.8 Å². The highest BCUT2D eigenvalue weighted by Crippen LogP contribution is 2.42. The van der Waals surface area contributed by atoms with Gasteiger partial charge in [-0.3, -0.25) is 4.79 Å². The van der Waals surface area contributed by atoms with Crippen molar-refractivity contribution in [1.29, 1.82) is 0 Å². The van der Waals surface area contributed by atoms with E-state index < -0.39 is 17.4 Å². The molecule has 188 valence electrons. The van der Waals surface area contributed by atoms with Gasteiger partial charge in [-0.25, -0.2) is 4.79 Å². The van der Waals surface area contributed by atoms with Crippen LogP contribution in [0.2, 0.25) is 0 Å². The quantitative estimate of drug-likeness (QED) is 0.122. The highest BCUT2D eigenvalue weighted by molar-refractivity contribution is 5.86. The summed E-state index contributed by atoms with van der Waals surface area (Å²) in [6.07, 6.45) is 7.66. The number of allylic oxidation sites excluding steroid dienone is 1. The van der Waals surface area contributed by atoms with Crippen LogP contribution in [-0.4, -0.2) is 25.0 Å². The molecule has 0 aliphatic heterocycles. The lowest BCUT2D eigenvalue weighted by atomic mass is 9.67. The number of unbranched alkanes of at least 4 members (excludes halogenated alkanes) is 4. The largest absolute Gasteiger partial charge is 0.467 e. The fraction of sp³-hybridized carbons (Fsp3) is 0.312. The predicted octanol–water partition coefficient (Wildman–Crippen LogP) is 6.60. The van der Waals surface area contributed by atoms with Gasteiger partial charge >= 0.3 is 5.97 Å². The van der Waals surface area contributed by atoms with Crippen LogP contribution in [0.5, 0.6) is 0 Å². The van der Waals surface area contributed by atoms with E-state index in [1.165, 1.54) is 7.11 Å². The highest BCUT2D eigenvalue weighted by Gasteiger charge is 2.39. The van der Waals surface area contributed by atoms with E-state index in [2.05, 4.69) is 48.3 Å². The molecule has 3 rings (SSSR count). The number of methoxy groups -OCH3 is 1. The SMILES string of the molecule is C=CCCCCCC[C@H](NC(=O)CC(c1ccccc1)(c1ccccc1)c1ccccc1)C(=O)OC. The summed E-state index contributed by atoms with van der Waals surface area (Å²) in [6.45, 7) is 3.76. The van der Waals surface area contributed by atoms with Crippen molar-refractivity contribution in [3.63, 3.8) is 0 Å². The first-order valence-corrected chi connectivity index (χ1v) is 12.8. The molecule has 0 aliphatic rings. The van der Waals surface area contributed by atoms with E-state index in [4.69, 9.17) is 4.74 Å². The zero-order valence-corrected chi connectivity index (χ0v) is 21.2. The number of carbonyl (C=O) groups is 2. The van der Waals surface area contributed by atoms with E-state index in [-0.39, 0.29) is 12.3 Å². The van der Waals surface area contributed by atoms with E-state index in [9.17, 15) is 9.59 Å². The summed E-state index contributed by atoms with van der Waals surface area (Å²) >= 11 is 0. The van der Waals surface area contributed by atoms with Crippen molar-refractivity contribution < 1.29 is 14.3 Å². The molecule has 4 heteroatoms. The van der Waals surface area contributed by atoms with Crippen molar-refractivity contribution in [3.05, 3.63) is 120 Å². The summed E-state index contributed by atoms with van der Waals surface area (Å²) in [6, 6.07) is 29.6. The Morgan fingerprint density at radius 1 is 0.806 bits per heavy atom. The minimum absolute atomic E-state index is 0.165. The first-order chi connectivity index (χ1) is 17.6. The molecule has 1 atom stereocenters. The number of rotatable bonds is 14. The molecule has 3 aromatic carbocycles. The van der Waals surface area contributed by atoms with Gasteiger partial charge in [0.05, 0.1) is 12.5 Å². The lowest BCUT2D eigenvalue weighted by Gasteiger charge is -2.36. The zero-order valence-electron chi connectivity index (χ0n) is 21.2. The monoisotopic (exact) mass is 483 g/mol. The number of esters is 1. The molecule has 1 N–H and O–H groups in total. The molecule has 0 bridgehead atoms. The van der Waals surface area contributed by atoms with Gasteiger partial charge in [0.25, 0.3) is 0 Å². The minimum Gasteiger partial charge on any atom is -0.467 e. The summed E-state index contributed by atoms with van der Waals surface area (Å²) in [5.41, 5.74) is 2.36. The number of carbonyl (C=O) groups excluding carboxylic acids is 2. The van der Waals surface area contributed by atoms with E-state index in [1.54, 1.807) is 0 Å². The zero-order chi connectivity index (χ0) is 25.6. The molecule has 0 unspecified atom stereocenters. The Balaban J connectivity index is 1.90. The van der Waals surface area contributed by atoms with E-state index in [0.29, 0.717) is 6.42 Å². The molecule has 0 saturated heterocycles. The molecule has 0 saturated carbocycles. The Morgan fingerprint density at radius 3 is 1.72 bits per heavy atom. The first-order valence-electron chi connectivity index (χ1n) is 12.8. The van der Waals surface area contributed by atoms with Crippen LogP contribution < -0.4 is 5.32 Å². The van der Waals surface area contributed by atoms with Gasteiger partial charge in [-0.1, -0.05) is 116 Å². The number of benzene rings is 3. The van der Waals surface area contributed by atoms with Crippen LogP contribution in [0.3, 0.4) is 0 Å². The molecule has 3 aromatic rings. The number of hydrogen-bond donors (Lipinski definition) is 1. The van der Waals surface area contributed by atoms with Crippen LogP contribution in [0, 0.1) is 0 Å². The number of nitrogens with one attached hydrogen (secondary N) is 1. The van der Waals surface area contributed by atoms with Gasteiger partial charge in [0.1, 0.15) is 6.04 Å². The maximum absolute atomic E-state index is 13.7. The molecule has 0 aliphatic carbocycles. The summed E-state index contributed by atoms with van der Waals surface area (Å²) < 4.78 is 5.03. The summed E-state index contributed by atoms with van der Waals surface area (Å²) in [4.78, 5) is 26.2. The smallest absolute Gasteiger partial charge is 0.328 e. The summed E-state index contributed by atoms with van der Waals surface area (Å²) in [5.74, 6) is -0.590. The van der Waals surface area contributed by atoms with E-state index >= 15 is 0 Å². The maximum atomic E-state index is 13.7. The number of ether oxygens (including phenoxy) is 1. The second-order valence-electron chi connectivity index (χ2n) is 9.10. The second kappa shape index (κ2) is 14.0. The average molecular weight is 484 g/mol. The van der Waals surface area contributed by atoms with Crippen molar-refractivity contribution in [2.45, 2.75) is 56.4 Å². The van der Waals surface area contributed by atoms with Crippen LogP contribution in [-0.2, 0) is 19.7 Å². The number of hydrogen-bond acceptors (Lipinski definition) is 3. The molecular weight excluding hydrogens is 446 g/mol. The molecule has 0 fully saturated rings. The highest BCUT2D eigenvalue weighted by atomic mass is 16.5. The maximum Gasteiger partial charge on any atom is 0.328 e. The van der Waals surface area contributed by atoms with Gasteiger partial charge in [-0.15, -0.1) is 6.58 Å². The van der Waals surface area contributed by atoms with Crippen LogP contribution in [0.25, 0.3) is 0 Å². The third kappa shape index (κ3) is 6.94. The average Bonchev–Trinajstić information content (AvgIpc) is 2.94. The summed E-state index contributed by atoms with van der Waals surface area (Å²) in [5, 5.41) is 3.00. The van der Waals surface area contributed by atoms with Gasteiger partial charge in [-0.05, 0) is 36.0 Å². The van der Waals surface area contributed by atoms with Crippen molar-refractivity contribution >= 4 is 11.9 Å². The Kier molecular flexibility index (Phi) is 10.5. The molecule has 1 amide bonds. The fourth-order valence-electron chi connectivity index (χ4n) is 4.84. The normalized spacial score (nSPS) is 11.9. The standard InChI is InChI=1S/C32H37NO3/c1-3-4-5-6-7-17-24-29(31(35)36-2)33-30(34)25-32(26-18-11-8-12-19-26,27-20-13-9-14-21-27)28-22-15-10-16-23-28/h3,8-16,18-23,29H,1,4-7,17,24-25H2,2H3,(H,33,34)/t29-/m0/s1. The first kappa shape index (κ1) is 26.9. The third-order valence-electron chi connectivity index (χ3n) is 6.70. The molecule has 0 heterocycles. The summed E-state index contributed by atoms with van der Waals surface area (Å²) in [7, 11) is 1.37. The van der Waals surface area contributed by atoms with Crippen LogP contribution in [0.1, 0.15) is 61.6 Å². The lowest BCUT2D eigenvalue weighted by molar-refractivity contribution is -0.145. The van der Waals surface area contributed by atoms with Crippen molar-refractivity contribution in [3.8, 4) is 0 Å². The van der Waals surface area contributed by atoms with Crippen molar-refractivity contribution in [2.75, 3.05) is 7.11 Å². The predicted molar refractivity (Wildman–Crippen MR) is 146 cm³/mol. The van der Waals surface area contributed by atoms with Crippen LogP contribution in [0.15, 0.2) is 104 Å². The third-order valence-corrected chi connectivity index (χ3v) is 6.70. The molecule has 4 nitrogen and oxygen atoms in total. The molecule has 0 spiro atoms. The van der Waals surface area contributed by atoms with Crippen LogP contribution >= 0.6 is 0 Å². The number of amides is 1. The fourth-order valence-corrected chi connectivity index (χ4v) is 4.84. The molecule has 0 radical (unpaired) electrons. The van der Waals surface area contributed by atoms with Gasteiger partial charge in [0.15, 0.2) is 0 Å². The Hall–Kier alpha value is -3.66. The molecule has 0 aromatic heterocycles. The van der Waals surface area contributed by atoms with Crippen molar-refractivity contribution in [2.24, 2.45) is 0 Å². The lowest BCUT2D eigenvalue weighted by Crippen LogP contribution is -2.45. The minimum atomic E-state index is -0.709. The molecule has 36 heavy (non-hydrogen) atoms. The van der Waals surface area contributed by atoms with E-state index in [1.807, 2.05) is 60.7 Å².